The van der Waals surface area contributed by atoms with Crippen molar-refractivity contribution in [1.82, 2.24) is 10.3 Å². The fraction of sp³-hybridized carbons (Fsp3) is 0.643. The summed E-state index contributed by atoms with van der Waals surface area (Å²) in [5, 5.41) is 3.31. The minimum absolute atomic E-state index is 0.358. The van der Waals surface area contributed by atoms with Gasteiger partial charge in [-0.2, -0.15) is 0 Å². The maximum Gasteiger partial charge on any atom is 0.133 e. The lowest BCUT2D eigenvalue weighted by molar-refractivity contribution is 0.617. The first-order chi connectivity index (χ1) is 8.27. The maximum atomic E-state index is 4.61. The molecule has 2 unspecified atom stereocenters. The first kappa shape index (κ1) is 12.4. The van der Waals surface area contributed by atoms with E-state index >= 15 is 0 Å². The van der Waals surface area contributed by atoms with Crippen LogP contribution in [-0.4, -0.2) is 24.6 Å². The number of pyridine rings is 1. The van der Waals surface area contributed by atoms with E-state index in [2.05, 4.69) is 35.1 Å². The summed E-state index contributed by atoms with van der Waals surface area (Å²) in [6.45, 7) is 5.61. The van der Waals surface area contributed by atoms with E-state index in [9.17, 15) is 0 Å². The van der Waals surface area contributed by atoms with E-state index in [1.807, 2.05) is 19.3 Å². The Morgan fingerprint density at radius 1 is 1.59 bits per heavy atom. The van der Waals surface area contributed by atoms with Gasteiger partial charge >= 0.3 is 0 Å². The van der Waals surface area contributed by atoms with Gasteiger partial charge in [0.15, 0.2) is 0 Å². The van der Waals surface area contributed by atoms with Crippen LogP contribution < -0.4 is 10.2 Å². The summed E-state index contributed by atoms with van der Waals surface area (Å²) in [6, 6.07) is 5.25. The molecular formula is C14H23N3. The molecule has 0 spiro atoms. The molecule has 0 aliphatic carbocycles. The van der Waals surface area contributed by atoms with Gasteiger partial charge in [0.05, 0.1) is 0 Å². The van der Waals surface area contributed by atoms with Crippen molar-refractivity contribution in [2.45, 2.75) is 45.2 Å². The molecule has 2 rings (SSSR count). The molecule has 94 valence electrons. The standard InChI is InChI=1S/C14H23N3/c1-4-12-7-6-10-17(12)14-13(11(2)15-3)8-5-9-16-14/h5,8-9,11-12,15H,4,6-7,10H2,1-3H3. The van der Waals surface area contributed by atoms with Gasteiger partial charge in [-0.05, 0) is 39.3 Å². The predicted molar refractivity (Wildman–Crippen MR) is 72.4 cm³/mol. The van der Waals surface area contributed by atoms with Crippen LogP contribution in [0.1, 0.15) is 44.7 Å². The van der Waals surface area contributed by atoms with Crippen molar-refractivity contribution in [3.05, 3.63) is 23.9 Å². The second kappa shape index (κ2) is 5.50. The Labute approximate surface area is 104 Å². The Morgan fingerprint density at radius 2 is 2.41 bits per heavy atom. The Hall–Kier alpha value is -1.09. The summed E-state index contributed by atoms with van der Waals surface area (Å²) in [7, 11) is 2.00. The number of hydrogen-bond donors (Lipinski definition) is 1. The molecule has 0 aromatic carbocycles. The minimum Gasteiger partial charge on any atom is -0.353 e. The van der Waals surface area contributed by atoms with Gasteiger partial charge < -0.3 is 10.2 Å². The molecule has 1 fully saturated rings. The molecule has 1 saturated heterocycles. The summed E-state index contributed by atoms with van der Waals surface area (Å²) in [5.74, 6) is 1.18. The summed E-state index contributed by atoms with van der Waals surface area (Å²) in [4.78, 5) is 7.10. The number of aromatic nitrogens is 1. The lowest BCUT2D eigenvalue weighted by Crippen LogP contribution is -2.31. The molecule has 2 heterocycles. The van der Waals surface area contributed by atoms with Gasteiger partial charge in [0, 0.05) is 30.4 Å². The number of hydrogen-bond acceptors (Lipinski definition) is 3. The van der Waals surface area contributed by atoms with Gasteiger partial charge in [0.2, 0.25) is 0 Å². The van der Waals surface area contributed by atoms with E-state index in [1.54, 1.807) is 0 Å². The molecule has 3 heteroatoms. The van der Waals surface area contributed by atoms with Crippen LogP contribution in [0.25, 0.3) is 0 Å². The predicted octanol–water partition coefficient (Wildman–Crippen LogP) is 2.74. The van der Waals surface area contributed by atoms with E-state index in [-0.39, 0.29) is 0 Å². The molecule has 1 aliphatic heterocycles. The highest BCUT2D eigenvalue weighted by Crippen LogP contribution is 2.30. The highest BCUT2D eigenvalue weighted by molar-refractivity contribution is 5.50. The number of nitrogens with zero attached hydrogens (tertiary/aromatic N) is 2. The largest absolute Gasteiger partial charge is 0.353 e. The second-order valence-corrected chi connectivity index (χ2v) is 4.82. The molecule has 0 amide bonds. The van der Waals surface area contributed by atoms with Gasteiger partial charge in [-0.3, -0.25) is 0 Å². The molecule has 0 radical (unpaired) electrons. The molecule has 17 heavy (non-hydrogen) atoms. The number of rotatable bonds is 4. The van der Waals surface area contributed by atoms with Gasteiger partial charge in [0.1, 0.15) is 5.82 Å². The monoisotopic (exact) mass is 233 g/mol. The Morgan fingerprint density at radius 3 is 3.12 bits per heavy atom. The smallest absolute Gasteiger partial charge is 0.133 e. The Balaban J connectivity index is 2.31. The summed E-state index contributed by atoms with van der Waals surface area (Å²) >= 11 is 0. The highest BCUT2D eigenvalue weighted by atomic mass is 15.2. The van der Waals surface area contributed by atoms with E-state index in [0.717, 1.165) is 6.54 Å². The second-order valence-electron chi connectivity index (χ2n) is 4.82. The van der Waals surface area contributed by atoms with Crippen molar-refractivity contribution in [2.24, 2.45) is 0 Å². The SMILES string of the molecule is CCC1CCCN1c1ncccc1C(C)NC. The highest BCUT2D eigenvalue weighted by Gasteiger charge is 2.26. The zero-order chi connectivity index (χ0) is 12.3. The Bertz CT molecular complexity index is 364. The van der Waals surface area contributed by atoms with Crippen LogP contribution in [-0.2, 0) is 0 Å². The van der Waals surface area contributed by atoms with Crippen molar-refractivity contribution >= 4 is 5.82 Å². The zero-order valence-electron chi connectivity index (χ0n) is 11.1. The molecule has 1 aromatic rings. The maximum absolute atomic E-state index is 4.61. The van der Waals surface area contributed by atoms with Crippen LogP contribution in [0.3, 0.4) is 0 Å². The van der Waals surface area contributed by atoms with Crippen LogP contribution in [0, 0.1) is 0 Å². The first-order valence-electron chi connectivity index (χ1n) is 6.66. The van der Waals surface area contributed by atoms with Crippen LogP contribution in [0.15, 0.2) is 18.3 Å². The van der Waals surface area contributed by atoms with Crippen molar-refractivity contribution in [1.29, 1.82) is 0 Å². The summed E-state index contributed by atoms with van der Waals surface area (Å²) in [6.07, 6.45) is 5.72. The lowest BCUT2D eigenvalue weighted by atomic mass is 10.1. The van der Waals surface area contributed by atoms with E-state index in [1.165, 1.54) is 30.6 Å². The molecule has 1 N–H and O–H groups in total. The molecule has 1 aliphatic rings. The average molecular weight is 233 g/mol. The lowest BCUT2D eigenvalue weighted by Gasteiger charge is -2.28. The van der Waals surface area contributed by atoms with E-state index in [0.29, 0.717) is 12.1 Å². The van der Waals surface area contributed by atoms with Gasteiger partial charge in [-0.1, -0.05) is 13.0 Å². The van der Waals surface area contributed by atoms with Crippen LogP contribution in [0.4, 0.5) is 5.82 Å². The third-order valence-corrected chi connectivity index (χ3v) is 3.84. The topological polar surface area (TPSA) is 28.2 Å². The third kappa shape index (κ3) is 2.44. The van der Waals surface area contributed by atoms with Crippen LogP contribution in [0.5, 0.6) is 0 Å². The number of anilines is 1. The zero-order valence-corrected chi connectivity index (χ0v) is 11.1. The van der Waals surface area contributed by atoms with Crippen molar-refractivity contribution in [2.75, 3.05) is 18.5 Å². The Kier molecular flexibility index (Phi) is 4.00. The molecule has 2 atom stereocenters. The summed E-state index contributed by atoms with van der Waals surface area (Å²) in [5.41, 5.74) is 1.32. The van der Waals surface area contributed by atoms with Crippen molar-refractivity contribution < 1.29 is 0 Å². The van der Waals surface area contributed by atoms with E-state index < -0.39 is 0 Å². The summed E-state index contributed by atoms with van der Waals surface area (Å²) < 4.78 is 0. The fourth-order valence-corrected chi connectivity index (χ4v) is 2.68. The first-order valence-corrected chi connectivity index (χ1v) is 6.66. The molecule has 0 saturated carbocycles. The quantitative estimate of drug-likeness (QED) is 0.866. The number of nitrogens with one attached hydrogen (secondary N) is 1. The van der Waals surface area contributed by atoms with Gasteiger partial charge in [-0.25, -0.2) is 4.98 Å². The normalized spacial score (nSPS) is 21.8. The van der Waals surface area contributed by atoms with Crippen LogP contribution >= 0.6 is 0 Å². The van der Waals surface area contributed by atoms with Crippen molar-refractivity contribution in [3.8, 4) is 0 Å². The van der Waals surface area contributed by atoms with Crippen molar-refractivity contribution in [3.63, 3.8) is 0 Å². The molecule has 1 aromatic heterocycles. The minimum atomic E-state index is 0.358. The van der Waals surface area contributed by atoms with E-state index in [4.69, 9.17) is 0 Å². The fourth-order valence-electron chi connectivity index (χ4n) is 2.68. The van der Waals surface area contributed by atoms with Crippen LogP contribution in [0.2, 0.25) is 0 Å². The average Bonchev–Trinajstić information content (AvgIpc) is 2.86. The molecule has 0 bridgehead atoms. The molecular weight excluding hydrogens is 210 g/mol. The third-order valence-electron chi connectivity index (χ3n) is 3.84. The van der Waals surface area contributed by atoms with Gasteiger partial charge in [-0.15, -0.1) is 0 Å². The van der Waals surface area contributed by atoms with Gasteiger partial charge in [0.25, 0.3) is 0 Å². The molecule has 3 nitrogen and oxygen atoms in total.